The minimum atomic E-state index is -0.337. The van der Waals surface area contributed by atoms with Crippen molar-refractivity contribution in [2.45, 2.75) is 20.0 Å². The van der Waals surface area contributed by atoms with Crippen LogP contribution in [0.4, 0.5) is 0 Å². The third-order valence-corrected chi connectivity index (χ3v) is 1.40. The molecule has 0 amide bonds. The Hall–Kier alpha value is -1.88. The molecule has 0 bridgehead atoms. The van der Waals surface area contributed by atoms with E-state index in [0.717, 1.165) is 6.26 Å². The smallest absolute Gasteiger partial charge is 0.333 e. The van der Waals surface area contributed by atoms with E-state index in [1.165, 1.54) is 6.92 Å². The van der Waals surface area contributed by atoms with Crippen LogP contribution in [0.1, 0.15) is 13.8 Å². The van der Waals surface area contributed by atoms with Gasteiger partial charge in [0.15, 0.2) is 0 Å². The minimum Gasteiger partial charge on any atom is -0.459 e. The molecular weight excluding hydrogens is 236 g/mol. The van der Waals surface area contributed by atoms with Gasteiger partial charge < -0.3 is 14.2 Å². The molecule has 1 fully saturated rings. The zero-order chi connectivity index (χ0) is 14.6. The summed E-state index contributed by atoms with van der Waals surface area (Å²) in [4.78, 5) is 20.4. The third kappa shape index (κ3) is 14.1. The Labute approximate surface area is 108 Å². The largest absolute Gasteiger partial charge is 0.459 e. The highest BCUT2D eigenvalue weighted by Gasteiger charge is 2.24. The molecule has 0 saturated carbocycles. The molecule has 0 aromatic heterocycles. The molecule has 1 unspecified atom stereocenters. The Morgan fingerprint density at radius 3 is 2.11 bits per heavy atom. The van der Waals surface area contributed by atoms with Gasteiger partial charge in [0.25, 0.3) is 0 Å². The molecule has 1 atom stereocenters. The maximum Gasteiger partial charge on any atom is 0.333 e. The molecule has 0 aromatic rings. The van der Waals surface area contributed by atoms with Crippen LogP contribution in [-0.2, 0) is 23.8 Å². The highest BCUT2D eigenvalue weighted by Crippen LogP contribution is 2.09. The van der Waals surface area contributed by atoms with Gasteiger partial charge in [-0.2, -0.15) is 0 Å². The van der Waals surface area contributed by atoms with Crippen LogP contribution in [0.2, 0.25) is 0 Å². The number of hydrogen-bond acceptors (Lipinski definition) is 5. The van der Waals surface area contributed by atoms with Crippen LogP contribution >= 0.6 is 0 Å². The Morgan fingerprint density at radius 2 is 1.89 bits per heavy atom. The van der Waals surface area contributed by atoms with E-state index in [0.29, 0.717) is 18.8 Å². The zero-order valence-corrected chi connectivity index (χ0v) is 10.9. The summed E-state index contributed by atoms with van der Waals surface area (Å²) >= 11 is 0. The van der Waals surface area contributed by atoms with Gasteiger partial charge in [-0.3, -0.25) is 4.79 Å². The van der Waals surface area contributed by atoms with Crippen molar-refractivity contribution in [3.8, 4) is 0 Å². The minimum absolute atomic E-state index is 0.142. The Bertz CT molecular complexity index is 292. The van der Waals surface area contributed by atoms with E-state index in [-0.39, 0.29) is 18.0 Å². The molecule has 0 N–H and O–H groups in total. The summed E-state index contributed by atoms with van der Waals surface area (Å²) in [5.74, 6) is -0.666. The summed E-state index contributed by atoms with van der Waals surface area (Å²) in [6.07, 6.45) is 1.24. The zero-order valence-electron chi connectivity index (χ0n) is 10.9. The number of carbonyl (C=O) groups is 2. The molecule has 18 heavy (non-hydrogen) atoms. The monoisotopic (exact) mass is 256 g/mol. The van der Waals surface area contributed by atoms with Gasteiger partial charge in [0.05, 0.1) is 12.9 Å². The van der Waals surface area contributed by atoms with Crippen molar-refractivity contribution < 1.29 is 23.8 Å². The van der Waals surface area contributed by atoms with E-state index in [2.05, 4.69) is 31.1 Å². The summed E-state index contributed by atoms with van der Waals surface area (Å²) in [7, 11) is 0. The molecule has 0 aliphatic carbocycles. The van der Waals surface area contributed by atoms with Crippen LogP contribution in [-0.4, -0.2) is 31.3 Å². The molecule has 5 heteroatoms. The van der Waals surface area contributed by atoms with Crippen LogP contribution in [0.5, 0.6) is 0 Å². The van der Waals surface area contributed by atoms with Crippen molar-refractivity contribution in [2.24, 2.45) is 0 Å². The van der Waals surface area contributed by atoms with E-state index >= 15 is 0 Å². The first-order chi connectivity index (χ1) is 8.47. The summed E-state index contributed by atoms with van der Waals surface area (Å²) in [5, 5.41) is 0. The SMILES string of the molecule is C=C.C=C(C)C(=O)OCC1CO1.C=COC(C)=O. The standard InChI is InChI=1S/C7H10O3.C4H6O2.C2H4/c1-5(2)7(8)10-4-6-3-9-6;1-3-6-4(2)5;1-2/h6H,1,3-4H2,2H3;3H,1H2,2H3;1-2H2. The van der Waals surface area contributed by atoms with Gasteiger partial charge in [0.1, 0.15) is 12.7 Å². The predicted octanol–water partition coefficient (Wildman–Crippen LogP) is 2.00. The molecule has 0 aromatic carbocycles. The van der Waals surface area contributed by atoms with E-state index in [1.54, 1.807) is 6.92 Å². The number of carbonyl (C=O) groups excluding carboxylic acids is 2. The van der Waals surface area contributed by atoms with Crippen LogP contribution < -0.4 is 0 Å². The molecule has 0 spiro atoms. The van der Waals surface area contributed by atoms with E-state index in [9.17, 15) is 9.59 Å². The molecule has 1 rings (SSSR count). The summed E-state index contributed by atoms with van der Waals surface area (Å²) in [6, 6.07) is 0. The first-order valence-corrected chi connectivity index (χ1v) is 5.19. The average Bonchev–Trinajstić information content (AvgIpc) is 3.13. The van der Waals surface area contributed by atoms with Crippen molar-refractivity contribution in [3.05, 3.63) is 38.2 Å². The molecule has 5 nitrogen and oxygen atoms in total. The van der Waals surface area contributed by atoms with Crippen molar-refractivity contribution in [2.75, 3.05) is 13.2 Å². The third-order valence-electron chi connectivity index (χ3n) is 1.40. The maximum absolute atomic E-state index is 10.7. The van der Waals surface area contributed by atoms with Gasteiger partial charge in [0, 0.05) is 12.5 Å². The highest BCUT2D eigenvalue weighted by molar-refractivity contribution is 5.86. The number of ether oxygens (including phenoxy) is 3. The fourth-order valence-electron chi connectivity index (χ4n) is 0.573. The van der Waals surface area contributed by atoms with Crippen LogP contribution in [0.3, 0.4) is 0 Å². The van der Waals surface area contributed by atoms with Crippen molar-refractivity contribution in [1.82, 2.24) is 0 Å². The van der Waals surface area contributed by atoms with Gasteiger partial charge in [-0.1, -0.05) is 13.2 Å². The van der Waals surface area contributed by atoms with Crippen molar-refractivity contribution in [3.63, 3.8) is 0 Å². The number of hydrogen-bond donors (Lipinski definition) is 0. The van der Waals surface area contributed by atoms with Gasteiger partial charge in [-0.15, -0.1) is 13.2 Å². The van der Waals surface area contributed by atoms with Crippen LogP contribution in [0, 0.1) is 0 Å². The van der Waals surface area contributed by atoms with Gasteiger partial charge in [-0.05, 0) is 6.92 Å². The van der Waals surface area contributed by atoms with Crippen molar-refractivity contribution >= 4 is 11.9 Å². The lowest BCUT2D eigenvalue weighted by Crippen LogP contribution is -2.09. The highest BCUT2D eigenvalue weighted by atomic mass is 16.6. The topological polar surface area (TPSA) is 65.1 Å². The van der Waals surface area contributed by atoms with Crippen molar-refractivity contribution in [1.29, 1.82) is 0 Å². The molecular formula is C13H20O5. The second kappa shape index (κ2) is 11.6. The molecule has 102 valence electrons. The summed E-state index contributed by atoms with van der Waals surface area (Å²) in [5.41, 5.74) is 0.431. The maximum atomic E-state index is 10.7. The number of rotatable bonds is 4. The molecule has 1 aliphatic rings. The normalized spacial score (nSPS) is 14.7. The second-order valence-corrected chi connectivity index (χ2v) is 3.11. The van der Waals surface area contributed by atoms with Gasteiger partial charge in [0.2, 0.25) is 0 Å². The molecule has 1 heterocycles. The van der Waals surface area contributed by atoms with Gasteiger partial charge in [-0.25, -0.2) is 4.79 Å². The lowest BCUT2D eigenvalue weighted by molar-refractivity contribution is -0.139. The Balaban J connectivity index is 0. The lowest BCUT2D eigenvalue weighted by Gasteiger charge is -1.99. The first kappa shape index (κ1) is 18.5. The first-order valence-electron chi connectivity index (χ1n) is 5.19. The molecule has 1 aliphatic heterocycles. The summed E-state index contributed by atoms with van der Waals surface area (Å²) < 4.78 is 13.8. The predicted molar refractivity (Wildman–Crippen MR) is 68.7 cm³/mol. The molecule has 1 saturated heterocycles. The second-order valence-electron chi connectivity index (χ2n) is 3.11. The quantitative estimate of drug-likeness (QED) is 0.253. The number of esters is 2. The average molecular weight is 256 g/mol. The fraction of sp³-hybridized carbons (Fsp3) is 0.385. The lowest BCUT2D eigenvalue weighted by atomic mass is 10.4. The van der Waals surface area contributed by atoms with E-state index in [4.69, 9.17) is 9.47 Å². The summed E-state index contributed by atoms with van der Waals surface area (Å²) in [6.45, 7) is 16.6. The van der Waals surface area contributed by atoms with Crippen LogP contribution in [0.25, 0.3) is 0 Å². The van der Waals surface area contributed by atoms with Gasteiger partial charge >= 0.3 is 11.9 Å². The fourth-order valence-corrected chi connectivity index (χ4v) is 0.573. The van der Waals surface area contributed by atoms with E-state index < -0.39 is 0 Å². The number of epoxide rings is 1. The van der Waals surface area contributed by atoms with E-state index in [1.807, 2.05) is 0 Å². The van der Waals surface area contributed by atoms with Crippen LogP contribution in [0.15, 0.2) is 38.2 Å². The molecule has 0 radical (unpaired) electrons. The Kier molecular flexibility index (Phi) is 11.9. The Morgan fingerprint density at radius 1 is 1.39 bits per heavy atom.